The van der Waals surface area contributed by atoms with Gasteiger partial charge in [-0.05, 0) is 57.8 Å². The molecule has 0 saturated carbocycles. The van der Waals surface area contributed by atoms with Crippen molar-refractivity contribution < 1.29 is 15.0 Å². The third kappa shape index (κ3) is 59.4. The van der Waals surface area contributed by atoms with E-state index in [1.165, 1.54) is 315 Å². The molecule has 0 aliphatic carbocycles. The number of amides is 1. The molecular weight excluding hydrogens is 867 g/mol. The van der Waals surface area contributed by atoms with E-state index in [2.05, 4.69) is 43.5 Å². The minimum Gasteiger partial charge on any atom is -0.394 e. The van der Waals surface area contributed by atoms with E-state index in [-0.39, 0.29) is 12.5 Å². The van der Waals surface area contributed by atoms with Gasteiger partial charge in [-0.2, -0.15) is 0 Å². The van der Waals surface area contributed by atoms with Gasteiger partial charge in [0.25, 0.3) is 0 Å². The van der Waals surface area contributed by atoms with Crippen LogP contribution in [0.15, 0.2) is 36.5 Å². The second-order valence-corrected chi connectivity index (χ2v) is 22.5. The summed E-state index contributed by atoms with van der Waals surface area (Å²) in [6.07, 6.45) is 86.5. The summed E-state index contributed by atoms with van der Waals surface area (Å²) >= 11 is 0. The Bertz CT molecular complexity index is 1080. The normalized spacial score (nSPS) is 12.9. The highest BCUT2D eigenvalue weighted by atomic mass is 16.3. The number of nitrogens with one attached hydrogen (secondary N) is 1. The second kappa shape index (κ2) is 62.9. The van der Waals surface area contributed by atoms with Crippen LogP contribution in [0, 0.1) is 0 Å². The zero-order chi connectivity index (χ0) is 51.3. The van der Waals surface area contributed by atoms with Gasteiger partial charge in [0.05, 0.1) is 18.8 Å². The number of unbranched alkanes of at least 4 members (excludes halogenated alkanes) is 50. The van der Waals surface area contributed by atoms with E-state index in [0.29, 0.717) is 6.42 Å². The number of aliphatic hydroxyl groups excluding tert-OH is 2. The van der Waals surface area contributed by atoms with Gasteiger partial charge in [-0.3, -0.25) is 4.79 Å². The summed E-state index contributed by atoms with van der Waals surface area (Å²) in [4.78, 5) is 12.5. The van der Waals surface area contributed by atoms with Crippen molar-refractivity contribution >= 4 is 5.91 Å². The molecule has 0 aromatic rings. The summed E-state index contributed by atoms with van der Waals surface area (Å²) < 4.78 is 0. The summed E-state index contributed by atoms with van der Waals surface area (Å²) in [6, 6.07) is -0.638. The van der Waals surface area contributed by atoms with Crippen LogP contribution in [0.25, 0.3) is 0 Å². The van der Waals surface area contributed by atoms with E-state index >= 15 is 0 Å². The number of aliphatic hydroxyl groups is 2. The van der Waals surface area contributed by atoms with E-state index < -0.39 is 12.1 Å². The average Bonchev–Trinajstić information content (AvgIpc) is 3.37. The third-order valence-electron chi connectivity index (χ3n) is 15.3. The van der Waals surface area contributed by atoms with Crippen LogP contribution in [0.2, 0.25) is 0 Å². The smallest absolute Gasteiger partial charge is 0.220 e. The van der Waals surface area contributed by atoms with Gasteiger partial charge in [-0.15, -0.1) is 0 Å². The Morgan fingerprint density at radius 3 is 0.817 bits per heavy atom. The maximum absolute atomic E-state index is 12.5. The standard InChI is InChI=1S/C67H129NO3/c1-3-5-7-9-11-13-15-17-19-21-23-25-27-29-30-31-32-33-34-35-36-37-38-39-41-43-45-47-49-51-53-55-57-59-61-63-67(71)68-65(64-69)66(70)62-60-58-56-54-52-50-48-46-44-42-40-28-26-24-22-20-18-16-14-12-10-8-6-4-2/h21,23,52,54,60,62,65-66,69-70H,3-20,22,24-51,53,55-59,61,63-64H2,1-2H3,(H,68,71)/b23-21-,54-52+,62-60+. The lowest BCUT2D eigenvalue weighted by atomic mass is 10.0. The van der Waals surface area contributed by atoms with E-state index in [9.17, 15) is 15.0 Å². The summed E-state index contributed by atoms with van der Waals surface area (Å²) in [5.74, 6) is -0.0661. The minimum atomic E-state index is -0.862. The van der Waals surface area contributed by atoms with Crippen molar-refractivity contribution in [3.05, 3.63) is 36.5 Å². The Morgan fingerprint density at radius 2 is 0.549 bits per heavy atom. The third-order valence-corrected chi connectivity index (χ3v) is 15.3. The second-order valence-electron chi connectivity index (χ2n) is 22.5. The van der Waals surface area contributed by atoms with Crippen molar-refractivity contribution in [3.63, 3.8) is 0 Å². The molecule has 0 fully saturated rings. The van der Waals surface area contributed by atoms with Crippen molar-refractivity contribution in [3.8, 4) is 0 Å². The van der Waals surface area contributed by atoms with E-state index in [1.54, 1.807) is 6.08 Å². The molecular formula is C67H129NO3. The molecule has 0 saturated heterocycles. The van der Waals surface area contributed by atoms with Crippen LogP contribution >= 0.6 is 0 Å². The first-order valence-electron chi connectivity index (χ1n) is 32.7. The quantitative estimate of drug-likeness (QED) is 0.0420. The van der Waals surface area contributed by atoms with Gasteiger partial charge in [0.15, 0.2) is 0 Å². The molecule has 2 atom stereocenters. The molecule has 4 heteroatoms. The largest absolute Gasteiger partial charge is 0.394 e. The van der Waals surface area contributed by atoms with Crippen LogP contribution in [-0.4, -0.2) is 34.9 Å². The summed E-state index contributed by atoms with van der Waals surface area (Å²) in [7, 11) is 0. The topological polar surface area (TPSA) is 69.6 Å². The SMILES string of the molecule is CCCCCCCCCC/C=C\CCCCCCCCCCCCCCCCCCCCCCCCCC(=O)NC(CO)C(O)/C=C/CC/C=C/CCCCCCCCCCCCCCCCCCCC. The van der Waals surface area contributed by atoms with Crippen molar-refractivity contribution in [2.45, 2.75) is 379 Å². The van der Waals surface area contributed by atoms with Crippen molar-refractivity contribution in [2.24, 2.45) is 0 Å². The molecule has 4 nitrogen and oxygen atoms in total. The fourth-order valence-corrected chi connectivity index (χ4v) is 10.4. The summed E-state index contributed by atoms with van der Waals surface area (Å²) in [5, 5.41) is 23.2. The molecule has 0 rings (SSSR count). The molecule has 0 aromatic heterocycles. The molecule has 0 heterocycles. The predicted molar refractivity (Wildman–Crippen MR) is 318 cm³/mol. The van der Waals surface area contributed by atoms with Crippen molar-refractivity contribution in [1.82, 2.24) is 5.32 Å². The number of rotatable bonds is 61. The highest BCUT2D eigenvalue weighted by Gasteiger charge is 2.18. The Hall–Kier alpha value is -1.39. The molecule has 0 aromatic carbocycles. The maximum atomic E-state index is 12.5. The Labute approximate surface area is 446 Å². The van der Waals surface area contributed by atoms with Gasteiger partial charge in [-0.1, -0.05) is 339 Å². The molecule has 71 heavy (non-hydrogen) atoms. The summed E-state index contributed by atoms with van der Waals surface area (Å²) in [5.41, 5.74) is 0. The first kappa shape index (κ1) is 69.6. The lowest BCUT2D eigenvalue weighted by Crippen LogP contribution is -2.45. The van der Waals surface area contributed by atoms with Crippen LogP contribution in [0.5, 0.6) is 0 Å². The fourth-order valence-electron chi connectivity index (χ4n) is 10.4. The van der Waals surface area contributed by atoms with E-state index in [1.807, 2.05) is 6.08 Å². The molecule has 3 N–H and O–H groups in total. The lowest BCUT2D eigenvalue weighted by molar-refractivity contribution is -0.123. The van der Waals surface area contributed by atoms with Gasteiger partial charge in [0.2, 0.25) is 5.91 Å². The number of allylic oxidation sites excluding steroid dienone is 5. The number of hydrogen-bond acceptors (Lipinski definition) is 3. The van der Waals surface area contributed by atoms with Crippen LogP contribution in [0.1, 0.15) is 367 Å². The van der Waals surface area contributed by atoms with E-state index in [0.717, 1.165) is 32.1 Å². The number of carbonyl (C=O) groups excluding carboxylic acids is 1. The van der Waals surface area contributed by atoms with Gasteiger partial charge in [-0.25, -0.2) is 0 Å². The molecule has 1 amide bonds. The highest BCUT2D eigenvalue weighted by molar-refractivity contribution is 5.76. The Balaban J connectivity index is 3.44. The molecule has 0 aliphatic heterocycles. The van der Waals surface area contributed by atoms with Crippen molar-refractivity contribution in [1.29, 1.82) is 0 Å². The zero-order valence-corrected chi connectivity index (χ0v) is 48.5. The van der Waals surface area contributed by atoms with Gasteiger partial charge >= 0.3 is 0 Å². The first-order valence-corrected chi connectivity index (χ1v) is 32.7. The molecule has 0 bridgehead atoms. The molecule has 0 spiro atoms. The summed E-state index contributed by atoms with van der Waals surface area (Å²) in [6.45, 7) is 4.34. The average molecular weight is 997 g/mol. The van der Waals surface area contributed by atoms with Crippen LogP contribution in [0.4, 0.5) is 0 Å². The van der Waals surface area contributed by atoms with Crippen LogP contribution < -0.4 is 5.32 Å². The van der Waals surface area contributed by atoms with Gasteiger partial charge < -0.3 is 15.5 Å². The number of carbonyl (C=O) groups is 1. The predicted octanol–water partition coefficient (Wildman–Crippen LogP) is 22.0. The van der Waals surface area contributed by atoms with Crippen LogP contribution in [0.3, 0.4) is 0 Å². The molecule has 420 valence electrons. The van der Waals surface area contributed by atoms with Gasteiger partial charge in [0.1, 0.15) is 0 Å². The zero-order valence-electron chi connectivity index (χ0n) is 48.5. The van der Waals surface area contributed by atoms with Gasteiger partial charge in [0, 0.05) is 6.42 Å². The molecule has 0 aliphatic rings. The highest BCUT2D eigenvalue weighted by Crippen LogP contribution is 2.18. The number of hydrogen-bond donors (Lipinski definition) is 3. The monoisotopic (exact) mass is 996 g/mol. The molecule has 2 unspecified atom stereocenters. The lowest BCUT2D eigenvalue weighted by Gasteiger charge is -2.19. The van der Waals surface area contributed by atoms with E-state index in [4.69, 9.17) is 0 Å². The Morgan fingerprint density at radius 1 is 0.324 bits per heavy atom. The molecule has 0 radical (unpaired) electrons. The van der Waals surface area contributed by atoms with Crippen LogP contribution in [-0.2, 0) is 4.79 Å². The Kier molecular flexibility index (Phi) is 61.7. The maximum Gasteiger partial charge on any atom is 0.220 e. The minimum absolute atomic E-state index is 0.0661. The first-order chi connectivity index (χ1) is 35.2. The van der Waals surface area contributed by atoms with Crippen molar-refractivity contribution in [2.75, 3.05) is 6.61 Å². The fraction of sp³-hybridized carbons (Fsp3) is 0.896.